The third kappa shape index (κ3) is 0.938. The number of nitriles is 1. The molecule has 0 bridgehead atoms. The molecule has 1 saturated heterocycles. The third-order valence-corrected chi connectivity index (χ3v) is 2.89. The first-order valence-electron chi connectivity index (χ1n) is 3.41. The van der Waals surface area contributed by atoms with Crippen molar-refractivity contribution in [2.45, 2.75) is 12.5 Å². The third-order valence-electron chi connectivity index (χ3n) is 1.84. The summed E-state index contributed by atoms with van der Waals surface area (Å²) in [6.45, 7) is 1.08. The van der Waals surface area contributed by atoms with Gasteiger partial charge in [-0.1, -0.05) is 0 Å². The van der Waals surface area contributed by atoms with Gasteiger partial charge in [0.2, 0.25) is 0 Å². The minimum atomic E-state index is 0.560. The molecule has 0 unspecified atom stereocenters. The fourth-order valence-electron chi connectivity index (χ4n) is 1.21. The summed E-state index contributed by atoms with van der Waals surface area (Å²) < 4.78 is 0. The van der Waals surface area contributed by atoms with Crippen LogP contribution in [0.4, 0.5) is 0 Å². The van der Waals surface area contributed by atoms with Crippen LogP contribution in [-0.2, 0) is 0 Å². The van der Waals surface area contributed by atoms with Gasteiger partial charge in [0.1, 0.15) is 6.07 Å². The lowest BCUT2D eigenvalue weighted by Crippen LogP contribution is -1.95. The molecule has 0 aromatic carbocycles. The molecule has 10 heavy (non-hydrogen) atoms. The summed E-state index contributed by atoms with van der Waals surface area (Å²) in [5.74, 6) is 1.11. The molecule has 1 atom stereocenters. The minimum absolute atomic E-state index is 0.560. The molecule has 3 heteroatoms. The van der Waals surface area contributed by atoms with Crippen molar-refractivity contribution in [3.63, 3.8) is 0 Å². The molecule has 2 nitrogen and oxygen atoms in total. The van der Waals surface area contributed by atoms with Gasteiger partial charge in [0.05, 0.1) is 4.91 Å². The molecular formula is C7H8N2S. The average Bonchev–Trinajstić information content (AvgIpc) is 2.69. The molecule has 0 radical (unpaired) electrons. The van der Waals surface area contributed by atoms with Crippen LogP contribution < -0.4 is 5.32 Å². The van der Waals surface area contributed by atoms with E-state index in [4.69, 9.17) is 5.26 Å². The van der Waals surface area contributed by atoms with E-state index in [0.29, 0.717) is 6.04 Å². The van der Waals surface area contributed by atoms with Crippen molar-refractivity contribution in [1.29, 1.82) is 5.26 Å². The molecule has 0 aromatic rings. The van der Waals surface area contributed by atoms with E-state index in [2.05, 4.69) is 11.4 Å². The van der Waals surface area contributed by atoms with Gasteiger partial charge in [-0.25, -0.2) is 0 Å². The standard InChI is InChI=1S/C7H8N2S/c8-3-7-5(1-2-10-7)6-4-9-6/h6,9H,1-2,4H2/t6-/m1/s1. The molecule has 0 amide bonds. The second-order valence-corrected chi connectivity index (χ2v) is 3.63. The Morgan fingerprint density at radius 1 is 1.70 bits per heavy atom. The largest absolute Gasteiger partial charge is 0.307 e. The van der Waals surface area contributed by atoms with E-state index in [0.717, 1.165) is 23.6 Å². The van der Waals surface area contributed by atoms with Crippen LogP contribution in [0.25, 0.3) is 0 Å². The zero-order valence-electron chi connectivity index (χ0n) is 5.55. The quantitative estimate of drug-likeness (QED) is 0.567. The highest BCUT2D eigenvalue weighted by Crippen LogP contribution is 2.34. The SMILES string of the molecule is N#CC1=C([C@H]2CN2)CCS1. The Balaban J connectivity index is 2.22. The van der Waals surface area contributed by atoms with Gasteiger partial charge in [0.15, 0.2) is 0 Å². The molecule has 2 aliphatic rings. The molecule has 2 aliphatic heterocycles. The van der Waals surface area contributed by atoms with E-state index >= 15 is 0 Å². The average molecular weight is 152 g/mol. The van der Waals surface area contributed by atoms with Crippen LogP contribution in [-0.4, -0.2) is 18.3 Å². The first-order chi connectivity index (χ1) is 4.92. The first kappa shape index (κ1) is 6.26. The van der Waals surface area contributed by atoms with Crippen LogP contribution in [0.3, 0.4) is 0 Å². The predicted molar refractivity (Wildman–Crippen MR) is 41.5 cm³/mol. The van der Waals surface area contributed by atoms with E-state index in [-0.39, 0.29) is 0 Å². The lowest BCUT2D eigenvalue weighted by atomic mass is 10.1. The van der Waals surface area contributed by atoms with Gasteiger partial charge in [0.25, 0.3) is 0 Å². The molecule has 2 heterocycles. The maximum absolute atomic E-state index is 8.66. The van der Waals surface area contributed by atoms with E-state index < -0.39 is 0 Å². The molecule has 1 fully saturated rings. The molecule has 52 valence electrons. The van der Waals surface area contributed by atoms with Gasteiger partial charge in [-0.05, 0) is 12.0 Å². The smallest absolute Gasteiger partial charge is 0.106 e. The Labute approximate surface area is 64.3 Å². The van der Waals surface area contributed by atoms with E-state index in [9.17, 15) is 0 Å². The Kier molecular flexibility index (Phi) is 1.44. The second kappa shape index (κ2) is 2.30. The van der Waals surface area contributed by atoms with Crippen molar-refractivity contribution < 1.29 is 0 Å². The predicted octanol–water partition coefficient (Wildman–Crippen LogP) is 0.873. The highest BCUT2D eigenvalue weighted by atomic mass is 32.2. The topological polar surface area (TPSA) is 45.7 Å². The molecule has 0 spiro atoms. The number of hydrogen-bond donors (Lipinski definition) is 1. The molecule has 0 aromatic heterocycles. The zero-order valence-corrected chi connectivity index (χ0v) is 6.37. The highest BCUT2D eigenvalue weighted by molar-refractivity contribution is 8.03. The maximum atomic E-state index is 8.66. The monoisotopic (exact) mass is 152 g/mol. The van der Waals surface area contributed by atoms with Gasteiger partial charge >= 0.3 is 0 Å². The van der Waals surface area contributed by atoms with Gasteiger partial charge in [0, 0.05) is 18.3 Å². The number of rotatable bonds is 1. The lowest BCUT2D eigenvalue weighted by molar-refractivity contribution is 1.00. The second-order valence-electron chi connectivity index (χ2n) is 2.53. The minimum Gasteiger partial charge on any atom is -0.307 e. The van der Waals surface area contributed by atoms with Crippen LogP contribution in [0.5, 0.6) is 0 Å². The zero-order chi connectivity index (χ0) is 6.97. The van der Waals surface area contributed by atoms with Gasteiger partial charge in [-0.3, -0.25) is 0 Å². The van der Waals surface area contributed by atoms with Gasteiger partial charge in [-0.15, -0.1) is 11.8 Å². The highest BCUT2D eigenvalue weighted by Gasteiger charge is 2.30. The van der Waals surface area contributed by atoms with Crippen LogP contribution in [0.15, 0.2) is 10.5 Å². The number of allylic oxidation sites excluding steroid dienone is 1. The summed E-state index contributed by atoms with van der Waals surface area (Å²) in [6.07, 6.45) is 1.12. The van der Waals surface area contributed by atoms with E-state index in [1.165, 1.54) is 5.57 Å². The van der Waals surface area contributed by atoms with Crippen molar-refractivity contribution in [1.82, 2.24) is 5.32 Å². The summed E-state index contributed by atoms with van der Waals surface area (Å²) in [4.78, 5) is 0.968. The van der Waals surface area contributed by atoms with Crippen molar-refractivity contribution in [3.8, 4) is 6.07 Å². The summed E-state index contributed by atoms with van der Waals surface area (Å²) in [7, 11) is 0. The number of nitrogens with one attached hydrogen (secondary N) is 1. The van der Waals surface area contributed by atoms with Crippen molar-refractivity contribution in [2.24, 2.45) is 0 Å². The van der Waals surface area contributed by atoms with Crippen LogP contribution in [0.1, 0.15) is 6.42 Å². The van der Waals surface area contributed by atoms with Crippen molar-refractivity contribution >= 4 is 11.8 Å². The fourth-order valence-corrected chi connectivity index (χ4v) is 2.23. The Morgan fingerprint density at radius 3 is 3.10 bits per heavy atom. The maximum Gasteiger partial charge on any atom is 0.106 e. The Bertz CT molecular complexity index is 222. The summed E-state index contributed by atoms with van der Waals surface area (Å²) in [5.41, 5.74) is 1.35. The van der Waals surface area contributed by atoms with E-state index in [1.54, 1.807) is 11.8 Å². The van der Waals surface area contributed by atoms with Gasteiger partial charge in [-0.2, -0.15) is 5.26 Å². The molecule has 2 rings (SSSR count). The molecule has 0 aliphatic carbocycles. The summed E-state index contributed by atoms with van der Waals surface area (Å²) in [6, 6.07) is 2.80. The molecule has 0 saturated carbocycles. The summed E-state index contributed by atoms with van der Waals surface area (Å²) >= 11 is 1.70. The lowest BCUT2D eigenvalue weighted by Gasteiger charge is -1.92. The summed E-state index contributed by atoms with van der Waals surface area (Å²) in [5, 5.41) is 11.9. The Morgan fingerprint density at radius 2 is 2.50 bits per heavy atom. The van der Waals surface area contributed by atoms with Crippen LogP contribution in [0, 0.1) is 11.3 Å². The molecule has 1 N–H and O–H groups in total. The van der Waals surface area contributed by atoms with Crippen molar-refractivity contribution in [2.75, 3.05) is 12.3 Å². The van der Waals surface area contributed by atoms with Crippen LogP contribution >= 0.6 is 11.8 Å². The molecular weight excluding hydrogens is 144 g/mol. The Hall–Kier alpha value is -0.460. The normalized spacial score (nSPS) is 30.5. The van der Waals surface area contributed by atoms with Crippen LogP contribution in [0.2, 0.25) is 0 Å². The number of hydrogen-bond acceptors (Lipinski definition) is 3. The number of nitrogens with zero attached hydrogens (tertiary/aromatic N) is 1. The van der Waals surface area contributed by atoms with Gasteiger partial charge < -0.3 is 5.32 Å². The van der Waals surface area contributed by atoms with Crippen molar-refractivity contribution in [3.05, 3.63) is 10.5 Å². The number of thioether (sulfide) groups is 1. The fraction of sp³-hybridized carbons (Fsp3) is 0.571. The first-order valence-corrected chi connectivity index (χ1v) is 4.39. The van der Waals surface area contributed by atoms with E-state index in [1.807, 2.05) is 0 Å².